The van der Waals surface area contributed by atoms with Gasteiger partial charge in [-0.3, -0.25) is 14.9 Å². The third-order valence-electron chi connectivity index (χ3n) is 4.49. The molecule has 2 aromatic heterocycles. The third-order valence-corrected chi connectivity index (χ3v) is 4.49. The molecule has 0 saturated heterocycles. The predicted octanol–water partition coefficient (Wildman–Crippen LogP) is 4.52. The van der Waals surface area contributed by atoms with Crippen molar-refractivity contribution in [1.29, 1.82) is 0 Å². The number of hydrogen-bond donors (Lipinski definition) is 0. The van der Waals surface area contributed by atoms with E-state index in [1.165, 1.54) is 12.6 Å². The smallest absolute Gasteiger partial charge is 0.373 e. The maximum Gasteiger partial charge on any atom is 0.373 e. The zero-order valence-corrected chi connectivity index (χ0v) is 19.2. The summed E-state index contributed by atoms with van der Waals surface area (Å²) in [5, 5.41) is 12.1. The molecular weight excluding hydrogens is 444 g/mol. The number of nitrogens with zero attached hydrogens (tertiary/aromatic N) is 4. The Labute approximate surface area is 196 Å². The van der Waals surface area contributed by atoms with E-state index < -0.39 is 16.6 Å². The van der Waals surface area contributed by atoms with Crippen molar-refractivity contribution in [1.82, 2.24) is 9.97 Å². The van der Waals surface area contributed by atoms with Crippen LogP contribution in [-0.4, -0.2) is 40.1 Å². The van der Waals surface area contributed by atoms with E-state index in [0.717, 1.165) is 0 Å². The second-order valence-corrected chi connectivity index (χ2v) is 7.38. The highest BCUT2D eigenvalue weighted by Gasteiger charge is 2.30. The fourth-order valence-corrected chi connectivity index (χ4v) is 3.12. The standard InChI is InChI=1S/C23H26N4O7/c1-4-31-20(28)11-12-26(14-17-8-7-13-32-17)22-21(27(29)30)23(25-15-24-22)34-19-10-6-5-9-18(19)33-16(2)3/h5-10,13,15-16H,4,11-12,14H2,1-3H3. The average molecular weight is 470 g/mol. The van der Waals surface area contributed by atoms with Gasteiger partial charge >= 0.3 is 17.5 Å². The van der Waals surface area contributed by atoms with Gasteiger partial charge in [0.25, 0.3) is 0 Å². The Morgan fingerprint density at radius 3 is 2.59 bits per heavy atom. The van der Waals surface area contributed by atoms with E-state index >= 15 is 0 Å². The van der Waals surface area contributed by atoms with Crippen molar-refractivity contribution in [3.8, 4) is 17.4 Å². The Hall–Kier alpha value is -4.15. The summed E-state index contributed by atoms with van der Waals surface area (Å²) in [5.41, 5.74) is -0.447. The minimum Gasteiger partial charge on any atom is -0.487 e. The summed E-state index contributed by atoms with van der Waals surface area (Å²) in [6, 6.07) is 10.2. The monoisotopic (exact) mass is 470 g/mol. The molecule has 0 unspecified atom stereocenters. The number of carbonyl (C=O) groups is 1. The zero-order chi connectivity index (χ0) is 24.5. The number of nitro groups is 1. The molecule has 0 aliphatic rings. The van der Waals surface area contributed by atoms with Crippen LogP contribution in [0.25, 0.3) is 0 Å². The topological polar surface area (TPSA) is 130 Å². The first-order chi connectivity index (χ1) is 16.4. The van der Waals surface area contributed by atoms with Gasteiger partial charge in [0.1, 0.15) is 12.1 Å². The fourth-order valence-electron chi connectivity index (χ4n) is 3.12. The highest BCUT2D eigenvalue weighted by atomic mass is 16.6. The number of carbonyl (C=O) groups excluding carboxylic acids is 1. The molecule has 0 bridgehead atoms. The minimum absolute atomic E-state index is 0.00302. The molecule has 0 aliphatic carbocycles. The number of esters is 1. The first-order valence-corrected chi connectivity index (χ1v) is 10.7. The molecule has 1 aromatic carbocycles. The second-order valence-electron chi connectivity index (χ2n) is 7.38. The Bertz CT molecular complexity index is 1100. The molecule has 11 heteroatoms. The molecule has 11 nitrogen and oxygen atoms in total. The number of furan rings is 1. The lowest BCUT2D eigenvalue weighted by molar-refractivity contribution is -0.385. The normalized spacial score (nSPS) is 10.7. The van der Waals surface area contributed by atoms with E-state index in [1.807, 2.05) is 13.8 Å². The van der Waals surface area contributed by atoms with Crippen LogP contribution in [0, 0.1) is 10.1 Å². The second kappa shape index (κ2) is 11.6. The summed E-state index contributed by atoms with van der Waals surface area (Å²) in [6.07, 6.45) is 2.53. The maximum absolute atomic E-state index is 12.1. The molecule has 0 aliphatic heterocycles. The quantitative estimate of drug-likeness (QED) is 0.211. The number of rotatable bonds is 12. The molecule has 0 amide bonds. The van der Waals surface area contributed by atoms with Gasteiger partial charge in [0.05, 0.1) is 36.9 Å². The highest BCUT2D eigenvalue weighted by molar-refractivity contribution is 5.71. The van der Waals surface area contributed by atoms with Gasteiger partial charge in [-0.15, -0.1) is 0 Å². The van der Waals surface area contributed by atoms with Crippen LogP contribution >= 0.6 is 0 Å². The van der Waals surface area contributed by atoms with E-state index in [1.54, 1.807) is 48.2 Å². The first-order valence-electron chi connectivity index (χ1n) is 10.7. The Balaban J connectivity index is 1.98. The van der Waals surface area contributed by atoms with Crippen molar-refractivity contribution in [3.05, 3.63) is 64.9 Å². The van der Waals surface area contributed by atoms with Crippen LogP contribution in [-0.2, 0) is 16.1 Å². The lowest BCUT2D eigenvalue weighted by atomic mass is 10.3. The molecule has 0 spiro atoms. The van der Waals surface area contributed by atoms with Gasteiger partial charge in [-0.05, 0) is 45.0 Å². The van der Waals surface area contributed by atoms with Gasteiger partial charge in [0.15, 0.2) is 11.5 Å². The van der Waals surface area contributed by atoms with Gasteiger partial charge in [-0.25, -0.2) is 4.98 Å². The van der Waals surface area contributed by atoms with E-state index in [0.29, 0.717) is 11.5 Å². The number of ether oxygens (including phenoxy) is 3. The fraction of sp³-hybridized carbons (Fsp3) is 0.348. The Kier molecular flexibility index (Phi) is 8.38. The van der Waals surface area contributed by atoms with E-state index in [9.17, 15) is 14.9 Å². The molecule has 0 radical (unpaired) electrons. The van der Waals surface area contributed by atoms with Gasteiger partial charge in [-0.1, -0.05) is 12.1 Å². The van der Waals surface area contributed by atoms with Crippen molar-refractivity contribution < 1.29 is 28.3 Å². The highest BCUT2D eigenvalue weighted by Crippen LogP contribution is 2.39. The molecule has 180 valence electrons. The molecule has 0 atom stereocenters. The number of para-hydroxylation sites is 2. The van der Waals surface area contributed by atoms with Gasteiger partial charge < -0.3 is 23.5 Å². The largest absolute Gasteiger partial charge is 0.487 e. The van der Waals surface area contributed by atoms with Crippen molar-refractivity contribution in [2.45, 2.75) is 39.8 Å². The molecule has 3 aromatic rings. The van der Waals surface area contributed by atoms with Crippen molar-refractivity contribution in [2.75, 3.05) is 18.1 Å². The molecule has 0 fully saturated rings. The summed E-state index contributed by atoms with van der Waals surface area (Å²) in [6.45, 7) is 5.90. The van der Waals surface area contributed by atoms with Gasteiger partial charge in [-0.2, -0.15) is 4.98 Å². The van der Waals surface area contributed by atoms with Gasteiger partial charge in [0, 0.05) is 6.54 Å². The SMILES string of the molecule is CCOC(=O)CCN(Cc1ccco1)c1ncnc(Oc2ccccc2OC(C)C)c1[N+](=O)[O-]. The van der Waals surface area contributed by atoms with Crippen LogP contribution in [0.2, 0.25) is 0 Å². The summed E-state index contributed by atoms with van der Waals surface area (Å²) >= 11 is 0. The molecule has 3 rings (SSSR count). The number of aromatic nitrogens is 2. The van der Waals surface area contributed by atoms with Crippen LogP contribution in [0.3, 0.4) is 0 Å². The summed E-state index contributed by atoms with van der Waals surface area (Å²) in [7, 11) is 0. The lowest BCUT2D eigenvalue weighted by Gasteiger charge is -2.22. The van der Waals surface area contributed by atoms with E-state index in [4.69, 9.17) is 18.6 Å². The van der Waals surface area contributed by atoms with Crippen LogP contribution in [0.5, 0.6) is 17.4 Å². The van der Waals surface area contributed by atoms with Crippen molar-refractivity contribution in [2.24, 2.45) is 0 Å². The molecule has 2 heterocycles. The molecule has 34 heavy (non-hydrogen) atoms. The minimum atomic E-state index is -0.615. The average Bonchev–Trinajstić information content (AvgIpc) is 3.31. The first kappa shape index (κ1) is 24.5. The summed E-state index contributed by atoms with van der Waals surface area (Å²) in [5.74, 6) is 0.526. The number of anilines is 1. The summed E-state index contributed by atoms with van der Waals surface area (Å²) in [4.78, 5) is 33.2. The van der Waals surface area contributed by atoms with Crippen LogP contribution in [0.15, 0.2) is 53.4 Å². The van der Waals surface area contributed by atoms with E-state index in [2.05, 4.69) is 9.97 Å². The zero-order valence-electron chi connectivity index (χ0n) is 19.2. The number of hydrogen-bond acceptors (Lipinski definition) is 10. The molecule has 0 saturated carbocycles. The predicted molar refractivity (Wildman–Crippen MR) is 122 cm³/mol. The third kappa shape index (κ3) is 6.44. The van der Waals surface area contributed by atoms with Gasteiger partial charge in [0.2, 0.25) is 5.82 Å². The van der Waals surface area contributed by atoms with E-state index in [-0.39, 0.29) is 49.7 Å². The Morgan fingerprint density at radius 1 is 1.18 bits per heavy atom. The Morgan fingerprint density at radius 2 is 1.94 bits per heavy atom. The van der Waals surface area contributed by atoms with Crippen LogP contribution in [0.1, 0.15) is 33.0 Å². The molecule has 0 N–H and O–H groups in total. The summed E-state index contributed by atoms with van der Waals surface area (Å²) < 4.78 is 22.0. The van der Waals surface area contributed by atoms with Crippen molar-refractivity contribution in [3.63, 3.8) is 0 Å². The van der Waals surface area contributed by atoms with Crippen molar-refractivity contribution >= 4 is 17.5 Å². The maximum atomic E-state index is 12.1. The number of benzene rings is 1. The van der Waals surface area contributed by atoms with Crippen LogP contribution < -0.4 is 14.4 Å². The van der Waals surface area contributed by atoms with Crippen LogP contribution in [0.4, 0.5) is 11.5 Å². The molecular formula is C23H26N4O7. The lowest BCUT2D eigenvalue weighted by Crippen LogP contribution is -2.28.